The predicted octanol–water partition coefficient (Wildman–Crippen LogP) is 0.986. The van der Waals surface area contributed by atoms with E-state index in [1.165, 1.54) is 0 Å². The molecule has 0 saturated heterocycles. The molecule has 0 bridgehead atoms. The second-order valence-electron chi connectivity index (χ2n) is 3.92. The Bertz CT molecular complexity index is 360. The van der Waals surface area contributed by atoms with Gasteiger partial charge in [-0.1, -0.05) is 6.92 Å². The van der Waals surface area contributed by atoms with E-state index in [-0.39, 0.29) is 24.0 Å². The highest BCUT2D eigenvalue weighted by atomic mass is 127. The first kappa shape index (κ1) is 17.1. The summed E-state index contributed by atoms with van der Waals surface area (Å²) in [5.74, 6) is 1.92. The molecule has 0 aliphatic rings. The van der Waals surface area contributed by atoms with Gasteiger partial charge in [-0.25, -0.2) is 0 Å². The van der Waals surface area contributed by atoms with Crippen LogP contribution in [0.25, 0.3) is 0 Å². The molecule has 6 nitrogen and oxygen atoms in total. The van der Waals surface area contributed by atoms with Gasteiger partial charge in [0.25, 0.3) is 0 Å². The van der Waals surface area contributed by atoms with Gasteiger partial charge in [0.2, 0.25) is 0 Å². The monoisotopic (exact) mass is 366 g/mol. The highest BCUT2D eigenvalue weighted by Gasteiger charge is 2.02. The molecule has 18 heavy (non-hydrogen) atoms. The third-order valence-corrected chi connectivity index (χ3v) is 2.37. The number of halogens is 1. The number of aryl methyl sites for hydroxylation is 1. The number of guanidine groups is 1. The van der Waals surface area contributed by atoms with Gasteiger partial charge in [-0.3, -0.25) is 4.99 Å². The average molecular weight is 366 g/mol. The van der Waals surface area contributed by atoms with Crippen LogP contribution in [-0.2, 0) is 13.0 Å². The molecule has 104 valence electrons. The Kier molecular flexibility index (Phi) is 8.69. The van der Waals surface area contributed by atoms with Gasteiger partial charge >= 0.3 is 0 Å². The van der Waals surface area contributed by atoms with Crippen LogP contribution >= 0.6 is 24.0 Å². The van der Waals surface area contributed by atoms with Crippen LogP contribution in [0.5, 0.6) is 0 Å². The standard InChI is InChI=1S/C11H22N6.HI/c1-5-10-15-14-9-17(10)8-7-13-11(12-6-2)16(3)4;/h9H,5-8H2,1-4H3,(H,12,13);1H. The number of nitrogens with zero attached hydrogens (tertiary/aromatic N) is 5. The van der Waals surface area contributed by atoms with Gasteiger partial charge < -0.3 is 14.8 Å². The van der Waals surface area contributed by atoms with Gasteiger partial charge in [-0.05, 0) is 6.92 Å². The maximum Gasteiger partial charge on any atom is 0.193 e. The normalized spacial score (nSPS) is 11.0. The lowest BCUT2D eigenvalue weighted by Gasteiger charge is -2.16. The minimum absolute atomic E-state index is 0. The zero-order valence-corrected chi connectivity index (χ0v) is 13.9. The summed E-state index contributed by atoms with van der Waals surface area (Å²) in [5, 5.41) is 11.2. The summed E-state index contributed by atoms with van der Waals surface area (Å²) in [7, 11) is 3.97. The maximum absolute atomic E-state index is 4.52. The molecule has 1 aromatic rings. The number of rotatable bonds is 5. The van der Waals surface area contributed by atoms with Crippen LogP contribution in [0.2, 0.25) is 0 Å². The van der Waals surface area contributed by atoms with Crippen LogP contribution in [0.4, 0.5) is 0 Å². The summed E-state index contributed by atoms with van der Waals surface area (Å²) in [6.07, 6.45) is 2.66. The summed E-state index contributed by atoms with van der Waals surface area (Å²) < 4.78 is 2.04. The summed E-state index contributed by atoms with van der Waals surface area (Å²) in [6, 6.07) is 0. The Balaban J connectivity index is 0.00000289. The van der Waals surface area contributed by atoms with E-state index in [0.717, 1.165) is 37.8 Å². The molecule has 1 rings (SSSR count). The molecule has 0 unspecified atom stereocenters. The van der Waals surface area contributed by atoms with Crippen LogP contribution in [0.1, 0.15) is 19.7 Å². The van der Waals surface area contributed by atoms with Crippen molar-refractivity contribution in [3.63, 3.8) is 0 Å². The second kappa shape index (κ2) is 9.12. The lowest BCUT2D eigenvalue weighted by atomic mass is 10.4. The van der Waals surface area contributed by atoms with E-state index in [0.29, 0.717) is 0 Å². The lowest BCUT2D eigenvalue weighted by Crippen LogP contribution is -2.36. The summed E-state index contributed by atoms with van der Waals surface area (Å²) in [6.45, 7) is 6.57. The van der Waals surface area contributed by atoms with Crippen molar-refractivity contribution in [2.24, 2.45) is 4.99 Å². The van der Waals surface area contributed by atoms with Gasteiger partial charge in [-0.2, -0.15) is 0 Å². The average Bonchev–Trinajstić information content (AvgIpc) is 2.75. The number of aliphatic imine (C=N–C) groups is 1. The largest absolute Gasteiger partial charge is 0.357 e. The molecule has 0 spiro atoms. The molecule has 0 amide bonds. The van der Waals surface area contributed by atoms with Crippen molar-refractivity contribution < 1.29 is 0 Å². The quantitative estimate of drug-likeness (QED) is 0.480. The van der Waals surface area contributed by atoms with Crippen molar-refractivity contribution in [2.45, 2.75) is 26.8 Å². The fraction of sp³-hybridized carbons (Fsp3) is 0.727. The van der Waals surface area contributed by atoms with E-state index in [4.69, 9.17) is 0 Å². The fourth-order valence-electron chi connectivity index (χ4n) is 1.52. The smallest absolute Gasteiger partial charge is 0.193 e. The molecular formula is C11H23IN6. The van der Waals surface area contributed by atoms with Crippen molar-refractivity contribution >= 4 is 29.9 Å². The predicted molar refractivity (Wildman–Crippen MR) is 84.5 cm³/mol. The third-order valence-electron chi connectivity index (χ3n) is 2.37. The summed E-state index contributed by atoms with van der Waals surface area (Å²) in [5.41, 5.74) is 0. The Morgan fingerprint density at radius 1 is 1.44 bits per heavy atom. The molecular weight excluding hydrogens is 343 g/mol. The van der Waals surface area contributed by atoms with E-state index in [1.807, 2.05) is 23.6 Å². The first-order valence-electron chi connectivity index (χ1n) is 6.01. The number of hydrogen-bond donors (Lipinski definition) is 1. The van der Waals surface area contributed by atoms with E-state index in [9.17, 15) is 0 Å². The van der Waals surface area contributed by atoms with Gasteiger partial charge in [0.1, 0.15) is 12.2 Å². The molecule has 0 aromatic carbocycles. The summed E-state index contributed by atoms with van der Waals surface area (Å²) >= 11 is 0. The number of nitrogens with one attached hydrogen (secondary N) is 1. The lowest BCUT2D eigenvalue weighted by molar-refractivity contribution is 0.576. The van der Waals surface area contributed by atoms with Crippen molar-refractivity contribution in [2.75, 3.05) is 27.2 Å². The third kappa shape index (κ3) is 5.19. The molecule has 1 N–H and O–H groups in total. The summed E-state index contributed by atoms with van der Waals surface area (Å²) in [4.78, 5) is 6.50. The molecule has 0 fully saturated rings. The zero-order valence-electron chi connectivity index (χ0n) is 11.6. The molecule has 7 heteroatoms. The molecule has 0 aliphatic carbocycles. The van der Waals surface area contributed by atoms with Gasteiger partial charge in [0.15, 0.2) is 5.96 Å². The van der Waals surface area contributed by atoms with Crippen LogP contribution < -0.4 is 5.32 Å². The molecule has 1 heterocycles. The van der Waals surface area contributed by atoms with Crippen LogP contribution in [-0.4, -0.2) is 52.8 Å². The number of hydrogen-bond acceptors (Lipinski definition) is 3. The Hall–Kier alpha value is -0.860. The van der Waals surface area contributed by atoms with Crippen LogP contribution in [0, 0.1) is 0 Å². The number of aromatic nitrogens is 3. The maximum atomic E-state index is 4.52. The zero-order chi connectivity index (χ0) is 12.7. The first-order chi connectivity index (χ1) is 8.19. The molecule has 1 aromatic heterocycles. The van der Waals surface area contributed by atoms with Gasteiger partial charge in [0, 0.05) is 33.6 Å². The van der Waals surface area contributed by atoms with E-state index < -0.39 is 0 Å². The Morgan fingerprint density at radius 3 is 2.72 bits per heavy atom. The SMILES string of the molecule is CCNC(=NCCn1cnnc1CC)N(C)C.I. The fourth-order valence-corrected chi connectivity index (χ4v) is 1.52. The molecule has 0 radical (unpaired) electrons. The Morgan fingerprint density at radius 2 is 2.17 bits per heavy atom. The van der Waals surface area contributed by atoms with Gasteiger partial charge in [0.05, 0.1) is 6.54 Å². The van der Waals surface area contributed by atoms with Gasteiger partial charge in [-0.15, -0.1) is 34.2 Å². The first-order valence-corrected chi connectivity index (χ1v) is 6.01. The van der Waals surface area contributed by atoms with Crippen LogP contribution in [0.15, 0.2) is 11.3 Å². The van der Waals surface area contributed by atoms with Crippen molar-refractivity contribution in [3.8, 4) is 0 Å². The van der Waals surface area contributed by atoms with Crippen molar-refractivity contribution in [1.29, 1.82) is 0 Å². The Labute approximate surface area is 126 Å². The van der Waals surface area contributed by atoms with Crippen LogP contribution in [0.3, 0.4) is 0 Å². The van der Waals surface area contributed by atoms with E-state index >= 15 is 0 Å². The molecule has 0 atom stereocenters. The van der Waals surface area contributed by atoms with Crippen molar-refractivity contribution in [3.05, 3.63) is 12.2 Å². The second-order valence-corrected chi connectivity index (χ2v) is 3.92. The molecule has 0 saturated carbocycles. The van der Waals surface area contributed by atoms with Crippen molar-refractivity contribution in [1.82, 2.24) is 25.0 Å². The van der Waals surface area contributed by atoms with E-state index in [2.05, 4.69) is 34.4 Å². The van der Waals surface area contributed by atoms with E-state index in [1.54, 1.807) is 6.33 Å². The highest BCUT2D eigenvalue weighted by molar-refractivity contribution is 14.0. The topological polar surface area (TPSA) is 58.3 Å². The highest BCUT2D eigenvalue weighted by Crippen LogP contribution is 1.96. The minimum atomic E-state index is 0. The minimum Gasteiger partial charge on any atom is -0.357 e. The molecule has 0 aliphatic heterocycles.